The van der Waals surface area contributed by atoms with Crippen molar-refractivity contribution >= 4 is 0 Å². The monoisotopic (exact) mass is 430 g/mol. The van der Waals surface area contributed by atoms with Gasteiger partial charge in [-0.1, -0.05) is 55.0 Å². The van der Waals surface area contributed by atoms with Crippen LogP contribution < -0.4 is 0 Å². The maximum absolute atomic E-state index is 11.0. The normalized spacial score (nSPS) is 26.2. The molecule has 0 bridgehead atoms. The van der Waals surface area contributed by atoms with Crippen LogP contribution in [0.3, 0.4) is 0 Å². The van der Waals surface area contributed by atoms with E-state index < -0.39 is 17.8 Å². The number of hydrogen-bond donors (Lipinski definition) is 3. The van der Waals surface area contributed by atoms with Crippen molar-refractivity contribution in [3.8, 4) is 0 Å². The molecule has 4 nitrogen and oxygen atoms in total. The lowest BCUT2D eigenvalue weighted by molar-refractivity contribution is -0.164. The number of rotatable bonds is 10. The summed E-state index contributed by atoms with van der Waals surface area (Å²) in [7, 11) is 0. The van der Waals surface area contributed by atoms with Gasteiger partial charge in [-0.25, -0.2) is 0 Å². The average Bonchev–Trinajstić information content (AvgIpc) is 2.90. The number of allylic oxidation sites excluding steroid dienone is 2. The van der Waals surface area contributed by atoms with E-state index in [4.69, 9.17) is 9.84 Å². The first-order chi connectivity index (χ1) is 14.8. The zero-order valence-corrected chi connectivity index (χ0v) is 19.8. The minimum absolute atomic E-state index is 0.0277. The molecule has 0 aromatic heterocycles. The summed E-state index contributed by atoms with van der Waals surface area (Å²) < 4.78 is 6.01. The van der Waals surface area contributed by atoms with Crippen LogP contribution in [0, 0.1) is 11.8 Å². The summed E-state index contributed by atoms with van der Waals surface area (Å²) in [5, 5.41) is 30.9. The first-order valence-electron chi connectivity index (χ1n) is 11.7. The largest absolute Gasteiger partial charge is 0.392 e. The first kappa shape index (κ1) is 25.8. The van der Waals surface area contributed by atoms with Crippen LogP contribution in [-0.2, 0) is 11.2 Å². The Kier molecular flexibility index (Phi) is 10.4. The van der Waals surface area contributed by atoms with E-state index in [0.717, 1.165) is 24.8 Å². The van der Waals surface area contributed by atoms with Gasteiger partial charge in [0.05, 0.1) is 25.4 Å². The molecule has 174 valence electrons. The zero-order chi connectivity index (χ0) is 22.9. The van der Waals surface area contributed by atoms with Gasteiger partial charge >= 0.3 is 0 Å². The van der Waals surface area contributed by atoms with Crippen molar-refractivity contribution < 1.29 is 20.1 Å². The standard InChI is InChI=1S/C27H42O4/c1-20(2)10-13-24(18-22-8-6-5-7-9-22)21(3)11-14-25(29)27(4)26(30)15-12-23(16-17-28)19-31-27/h5-10,16,21,24-26,28-30H,11-15,17-19H2,1-4H3/t21?,24?,25?,26-,27+/m1/s1. The second-order valence-electron chi connectivity index (χ2n) is 9.61. The summed E-state index contributed by atoms with van der Waals surface area (Å²) in [6.07, 6.45) is 7.32. The Morgan fingerprint density at radius 1 is 1.23 bits per heavy atom. The summed E-state index contributed by atoms with van der Waals surface area (Å²) in [6.45, 7) is 8.68. The third-order valence-electron chi connectivity index (χ3n) is 6.88. The Labute approximate surface area is 188 Å². The molecule has 1 aromatic rings. The molecule has 1 fully saturated rings. The highest BCUT2D eigenvalue weighted by molar-refractivity contribution is 5.16. The summed E-state index contributed by atoms with van der Waals surface area (Å²) >= 11 is 0. The Bertz CT molecular complexity index is 707. The number of aliphatic hydroxyl groups excluding tert-OH is 3. The van der Waals surface area contributed by atoms with Crippen molar-refractivity contribution in [1.29, 1.82) is 0 Å². The molecule has 0 amide bonds. The van der Waals surface area contributed by atoms with E-state index in [1.807, 2.05) is 13.0 Å². The molecule has 31 heavy (non-hydrogen) atoms. The van der Waals surface area contributed by atoms with Gasteiger partial charge in [0.2, 0.25) is 0 Å². The molecule has 0 spiro atoms. The maximum atomic E-state index is 11.0. The Morgan fingerprint density at radius 3 is 2.58 bits per heavy atom. The molecule has 1 aromatic carbocycles. The predicted octanol–water partition coefficient (Wildman–Crippen LogP) is 4.83. The van der Waals surface area contributed by atoms with E-state index in [9.17, 15) is 10.2 Å². The van der Waals surface area contributed by atoms with Gasteiger partial charge in [-0.15, -0.1) is 0 Å². The van der Waals surface area contributed by atoms with Crippen LogP contribution in [0.2, 0.25) is 0 Å². The van der Waals surface area contributed by atoms with Gasteiger partial charge in [0.15, 0.2) is 0 Å². The van der Waals surface area contributed by atoms with Gasteiger partial charge in [-0.05, 0) is 82.3 Å². The quantitative estimate of drug-likeness (QED) is 0.465. The van der Waals surface area contributed by atoms with E-state index in [0.29, 0.717) is 37.7 Å². The van der Waals surface area contributed by atoms with Gasteiger partial charge in [-0.3, -0.25) is 0 Å². The minimum atomic E-state index is -0.987. The summed E-state index contributed by atoms with van der Waals surface area (Å²) in [4.78, 5) is 0. The van der Waals surface area contributed by atoms with E-state index in [1.165, 1.54) is 11.1 Å². The number of benzene rings is 1. The summed E-state index contributed by atoms with van der Waals surface area (Å²) in [6, 6.07) is 10.6. The SMILES string of the molecule is CC(C)=CCC(Cc1ccccc1)C(C)CCC(O)[C@]1(C)OCC(=CCO)CC[C@H]1O. The number of aliphatic hydroxyl groups is 3. The molecule has 0 saturated carbocycles. The molecule has 0 radical (unpaired) electrons. The van der Waals surface area contributed by atoms with Gasteiger partial charge < -0.3 is 20.1 Å². The van der Waals surface area contributed by atoms with Crippen LogP contribution in [0.5, 0.6) is 0 Å². The lowest BCUT2D eigenvalue weighted by atomic mass is 9.80. The van der Waals surface area contributed by atoms with Crippen molar-refractivity contribution in [2.75, 3.05) is 13.2 Å². The highest BCUT2D eigenvalue weighted by atomic mass is 16.5. The molecule has 1 heterocycles. The van der Waals surface area contributed by atoms with E-state index in [2.05, 4.69) is 51.1 Å². The van der Waals surface area contributed by atoms with Crippen LogP contribution >= 0.6 is 0 Å². The molecular weight excluding hydrogens is 388 g/mol. The highest BCUT2D eigenvalue weighted by Gasteiger charge is 2.42. The Hall–Kier alpha value is -1.46. The predicted molar refractivity (Wildman–Crippen MR) is 127 cm³/mol. The van der Waals surface area contributed by atoms with E-state index in [1.54, 1.807) is 6.08 Å². The zero-order valence-electron chi connectivity index (χ0n) is 19.8. The van der Waals surface area contributed by atoms with Crippen molar-refractivity contribution in [3.63, 3.8) is 0 Å². The third-order valence-corrected chi connectivity index (χ3v) is 6.88. The van der Waals surface area contributed by atoms with Gasteiger partial charge in [0.25, 0.3) is 0 Å². The van der Waals surface area contributed by atoms with E-state index in [-0.39, 0.29) is 6.61 Å². The molecule has 3 N–H and O–H groups in total. The van der Waals surface area contributed by atoms with Crippen LogP contribution in [0.4, 0.5) is 0 Å². The highest BCUT2D eigenvalue weighted by Crippen LogP contribution is 2.34. The Balaban J connectivity index is 2.01. The van der Waals surface area contributed by atoms with Crippen molar-refractivity contribution in [2.24, 2.45) is 11.8 Å². The second-order valence-corrected chi connectivity index (χ2v) is 9.61. The fourth-order valence-corrected chi connectivity index (χ4v) is 4.40. The minimum Gasteiger partial charge on any atom is -0.392 e. The lowest BCUT2D eigenvalue weighted by Gasteiger charge is -2.38. The van der Waals surface area contributed by atoms with Gasteiger partial charge in [0, 0.05) is 0 Å². The molecule has 0 aliphatic carbocycles. The van der Waals surface area contributed by atoms with Gasteiger partial charge in [0.1, 0.15) is 5.60 Å². The summed E-state index contributed by atoms with van der Waals surface area (Å²) in [5.74, 6) is 0.929. The third kappa shape index (κ3) is 7.87. The molecule has 5 atom stereocenters. The van der Waals surface area contributed by atoms with Crippen LogP contribution in [0.1, 0.15) is 65.4 Å². The van der Waals surface area contributed by atoms with Crippen LogP contribution in [0.25, 0.3) is 0 Å². The maximum Gasteiger partial charge on any atom is 0.117 e. The molecule has 1 saturated heterocycles. The summed E-state index contributed by atoms with van der Waals surface area (Å²) in [5.41, 5.74) is 2.68. The van der Waals surface area contributed by atoms with Crippen LogP contribution in [-0.4, -0.2) is 46.3 Å². The first-order valence-corrected chi connectivity index (χ1v) is 11.7. The molecule has 1 aliphatic rings. The number of hydrogen-bond acceptors (Lipinski definition) is 4. The fourth-order valence-electron chi connectivity index (χ4n) is 4.40. The van der Waals surface area contributed by atoms with Crippen LogP contribution in [0.15, 0.2) is 53.6 Å². The fraction of sp³-hybridized carbons (Fsp3) is 0.630. The van der Waals surface area contributed by atoms with Gasteiger partial charge in [-0.2, -0.15) is 0 Å². The molecule has 4 heteroatoms. The van der Waals surface area contributed by atoms with E-state index >= 15 is 0 Å². The molecule has 1 aliphatic heterocycles. The number of ether oxygens (including phenoxy) is 1. The second kappa shape index (κ2) is 12.5. The Morgan fingerprint density at radius 2 is 1.94 bits per heavy atom. The molecule has 2 rings (SSSR count). The van der Waals surface area contributed by atoms with Crippen molar-refractivity contribution in [3.05, 3.63) is 59.2 Å². The lowest BCUT2D eigenvalue weighted by Crippen LogP contribution is -2.51. The van der Waals surface area contributed by atoms with Crippen molar-refractivity contribution in [2.45, 2.75) is 84.0 Å². The molecular formula is C27H42O4. The topological polar surface area (TPSA) is 69.9 Å². The smallest absolute Gasteiger partial charge is 0.117 e. The average molecular weight is 431 g/mol. The van der Waals surface area contributed by atoms with Crippen molar-refractivity contribution in [1.82, 2.24) is 0 Å². The molecule has 3 unspecified atom stereocenters.